The van der Waals surface area contributed by atoms with E-state index in [0.29, 0.717) is 5.69 Å². The van der Waals surface area contributed by atoms with Crippen molar-refractivity contribution in [2.45, 2.75) is 6.18 Å². The van der Waals surface area contributed by atoms with Crippen LogP contribution in [0.25, 0.3) is 17.2 Å². The molecule has 5 nitrogen and oxygen atoms in total. The number of benzene rings is 1. The average molecular weight is 370 g/mol. The lowest BCUT2D eigenvalue weighted by Crippen LogP contribution is -2.08. The van der Waals surface area contributed by atoms with Gasteiger partial charge >= 0.3 is 6.18 Å². The zero-order valence-electron chi connectivity index (χ0n) is 10.8. The molecule has 3 aromatic rings. The summed E-state index contributed by atoms with van der Waals surface area (Å²) in [5.41, 5.74) is -0.159. The minimum absolute atomic E-state index is 0.0474. The lowest BCUT2D eigenvalue weighted by Gasteiger charge is -2.10. The highest BCUT2D eigenvalue weighted by atomic mass is 79.9. The molecule has 0 aliphatic carbocycles. The molecule has 2 aromatic heterocycles. The van der Waals surface area contributed by atoms with Crippen molar-refractivity contribution in [2.24, 2.45) is 0 Å². The van der Waals surface area contributed by atoms with Gasteiger partial charge < -0.3 is 0 Å². The van der Waals surface area contributed by atoms with Crippen molar-refractivity contribution >= 4 is 15.9 Å². The van der Waals surface area contributed by atoms with Crippen molar-refractivity contribution in [2.75, 3.05) is 0 Å². The third-order valence-electron chi connectivity index (χ3n) is 2.79. The summed E-state index contributed by atoms with van der Waals surface area (Å²) in [5, 5.41) is 11.6. The molecule has 22 heavy (non-hydrogen) atoms. The normalized spacial score (nSPS) is 11.6. The Morgan fingerprint density at radius 2 is 1.91 bits per heavy atom. The molecular formula is C13H7BrF3N5. The van der Waals surface area contributed by atoms with Crippen LogP contribution in [0.15, 0.2) is 47.1 Å². The zero-order valence-corrected chi connectivity index (χ0v) is 12.4. The number of rotatable bonds is 2. The Hall–Kier alpha value is -2.29. The van der Waals surface area contributed by atoms with Gasteiger partial charge in [0.2, 0.25) is 5.82 Å². The monoisotopic (exact) mass is 369 g/mol. The third kappa shape index (κ3) is 2.84. The summed E-state index contributed by atoms with van der Waals surface area (Å²) in [4.78, 5) is 5.09. The van der Waals surface area contributed by atoms with Crippen LogP contribution in [-0.4, -0.2) is 25.2 Å². The van der Waals surface area contributed by atoms with Crippen molar-refractivity contribution in [1.29, 1.82) is 0 Å². The number of nitrogens with zero attached hydrogens (tertiary/aromatic N) is 5. The summed E-state index contributed by atoms with van der Waals surface area (Å²) in [6.07, 6.45) is -2.91. The van der Waals surface area contributed by atoms with Gasteiger partial charge in [-0.15, -0.1) is 15.0 Å². The molecule has 0 saturated carbocycles. The van der Waals surface area contributed by atoms with Crippen LogP contribution in [0.1, 0.15) is 5.56 Å². The van der Waals surface area contributed by atoms with E-state index in [1.54, 1.807) is 24.4 Å². The van der Waals surface area contributed by atoms with E-state index in [2.05, 4.69) is 36.3 Å². The third-order valence-corrected chi connectivity index (χ3v) is 3.49. The number of alkyl halides is 3. The second kappa shape index (κ2) is 5.48. The fourth-order valence-electron chi connectivity index (χ4n) is 1.78. The fourth-order valence-corrected chi connectivity index (χ4v) is 2.25. The van der Waals surface area contributed by atoms with Crippen molar-refractivity contribution < 1.29 is 13.2 Å². The maximum absolute atomic E-state index is 12.9. The molecule has 0 aliphatic rings. The highest BCUT2D eigenvalue weighted by Crippen LogP contribution is 2.35. The summed E-state index contributed by atoms with van der Waals surface area (Å²) in [7, 11) is 0. The van der Waals surface area contributed by atoms with Crippen LogP contribution >= 0.6 is 15.9 Å². The molecule has 0 amide bonds. The molecule has 112 valence electrons. The molecule has 9 heteroatoms. The zero-order chi connectivity index (χ0) is 15.7. The number of hydrogen-bond donors (Lipinski definition) is 0. The van der Waals surface area contributed by atoms with Crippen molar-refractivity contribution in [3.8, 4) is 17.2 Å². The number of pyridine rings is 1. The number of tetrazole rings is 1. The van der Waals surface area contributed by atoms with E-state index in [4.69, 9.17) is 0 Å². The molecule has 1 aromatic carbocycles. The standard InChI is InChI=1S/C13H7BrF3N5/c14-10-5-4-8(7-9(10)13(15,16)17)22-20-12(19-21-22)11-3-1-2-6-18-11/h1-7H. The van der Waals surface area contributed by atoms with Crippen LogP contribution in [0.3, 0.4) is 0 Å². The molecule has 0 unspecified atom stereocenters. The Bertz CT molecular complexity index is 801. The van der Waals surface area contributed by atoms with E-state index >= 15 is 0 Å². The summed E-state index contributed by atoms with van der Waals surface area (Å²) >= 11 is 2.88. The second-order valence-electron chi connectivity index (χ2n) is 4.28. The van der Waals surface area contributed by atoms with Crippen molar-refractivity contribution in [1.82, 2.24) is 25.2 Å². The van der Waals surface area contributed by atoms with E-state index < -0.39 is 11.7 Å². The lowest BCUT2D eigenvalue weighted by molar-refractivity contribution is -0.138. The molecule has 2 heterocycles. The van der Waals surface area contributed by atoms with Gasteiger partial charge in [0.05, 0.1) is 11.3 Å². The number of aromatic nitrogens is 5. The van der Waals surface area contributed by atoms with Gasteiger partial charge in [-0.3, -0.25) is 4.98 Å². The van der Waals surface area contributed by atoms with E-state index in [-0.39, 0.29) is 16.0 Å². The number of halogens is 4. The highest BCUT2D eigenvalue weighted by molar-refractivity contribution is 9.10. The van der Waals surface area contributed by atoms with Gasteiger partial charge in [-0.05, 0) is 35.5 Å². The topological polar surface area (TPSA) is 56.5 Å². The first-order valence-electron chi connectivity index (χ1n) is 6.04. The minimum atomic E-state index is -4.47. The van der Waals surface area contributed by atoms with Crippen molar-refractivity contribution in [3.63, 3.8) is 0 Å². The first-order chi connectivity index (χ1) is 10.4. The molecule has 3 rings (SSSR count). The Labute approximate surface area is 130 Å². The molecule has 0 fully saturated rings. The first kappa shape index (κ1) is 14.6. The Morgan fingerprint density at radius 1 is 1.09 bits per heavy atom. The fraction of sp³-hybridized carbons (Fsp3) is 0.0769. The van der Waals surface area contributed by atoms with Gasteiger partial charge in [0.15, 0.2) is 0 Å². The smallest absolute Gasteiger partial charge is 0.253 e. The highest BCUT2D eigenvalue weighted by Gasteiger charge is 2.33. The SMILES string of the molecule is FC(F)(F)c1cc(-n2nnc(-c3ccccn3)n2)ccc1Br. The summed E-state index contributed by atoms with van der Waals surface area (Å²) < 4.78 is 38.7. The van der Waals surface area contributed by atoms with Crippen LogP contribution in [0, 0.1) is 0 Å². The van der Waals surface area contributed by atoms with Gasteiger partial charge in [0.1, 0.15) is 5.69 Å². The summed E-state index contributed by atoms with van der Waals surface area (Å²) in [6, 6.07) is 8.88. The Morgan fingerprint density at radius 3 is 2.59 bits per heavy atom. The van der Waals surface area contributed by atoms with Crippen LogP contribution in [0.2, 0.25) is 0 Å². The Balaban J connectivity index is 2.01. The molecule has 0 radical (unpaired) electrons. The maximum atomic E-state index is 12.9. The second-order valence-corrected chi connectivity index (χ2v) is 5.13. The van der Waals surface area contributed by atoms with Crippen LogP contribution in [-0.2, 0) is 6.18 Å². The molecule has 0 bridgehead atoms. The van der Waals surface area contributed by atoms with Gasteiger partial charge in [-0.25, -0.2) is 0 Å². The van der Waals surface area contributed by atoms with Crippen LogP contribution in [0.4, 0.5) is 13.2 Å². The van der Waals surface area contributed by atoms with E-state index in [0.717, 1.165) is 10.9 Å². The lowest BCUT2D eigenvalue weighted by atomic mass is 10.2. The van der Waals surface area contributed by atoms with Gasteiger partial charge in [-0.2, -0.15) is 13.2 Å². The molecule has 0 aliphatic heterocycles. The van der Waals surface area contributed by atoms with E-state index in [1.165, 1.54) is 12.1 Å². The maximum Gasteiger partial charge on any atom is 0.417 e. The summed E-state index contributed by atoms with van der Waals surface area (Å²) in [6.45, 7) is 0. The average Bonchev–Trinajstić information content (AvgIpc) is 2.97. The van der Waals surface area contributed by atoms with Gasteiger partial charge in [-0.1, -0.05) is 22.0 Å². The number of hydrogen-bond acceptors (Lipinski definition) is 4. The molecule has 0 spiro atoms. The molecule has 0 atom stereocenters. The predicted molar refractivity (Wildman–Crippen MR) is 75.1 cm³/mol. The molecular weight excluding hydrogens is 363 g/mol. The first-order valence-corrected chi connectivity index (χ1v) is 6.83. The minimum Gasteiger partial charge on any atom is -0.253 e. The van der Waals surface area contributed by atoms with E-state index in [9.17, 15) is 13.2 Å². The van der Waals surface area contributed by atoms with E-state index in [1.807, 2.05) is 0 Å². The van der Waals surface area contributed by atoms with Crippen LogP contribution in [0.5, 0.6) is 0 Å². The van der Waals surface area contributed by atoms with Gasteiger partial charge in [0.25, 0.3) is 0 Å². The largest absolute Gasteiger partial charge is 0.417 e. The van der Waals surface area contributed by atoms with Crippen molar-refractivity contribution in [3.05, 3.63) is 52.6 Å². The summed E-state index contributed by atoms with van der Waals surface area (Å²) in [5.74, 6) is 0.233. The molecule has 0 N–H and O–H groups in total. The molecule has 0 saturated heterocycles. The van der Waals surface area contributed by atoms with Crippen LogP contribution < -0.4 is 0 Å². The predicted octanol–water partition coefficient (Wildman–Crippen LogP) is 3.51. The quantitative estimate of drug-likeness (QED) is 0.693. The Kier molecular flexibility index (Phi) is 3.65. The van der Waals surface area contributed by atoms with Gasteiger partial charge in [0, 0.05) is 10.7 Å².